The lowest BCUT2D eigenvalue weighted by atomic mass is 9.95. The fraction of sp³-hybridized carbons (Fsp3) is 0.286. The van der Waals surface area contributed by atoms with E-state index in [1.54, 1.807) is 44.2 Å². The molecule has 0 saturated carbocycles. The number of thiazole rings is 1. The maximum atomic E-state index is 14.2. The minimum absolute atomic E-state index is 0.129. The van der Waals surface area contributed by atoms with Crippen LogP contribution in [0, 0.1) is 0 Å². The number of carbonyl (C=O) groups is 1. The van der Waals surface area contributed by atoms with Crippen LogP contribution in [-0.4, -0.2) is 29.9 Å². The first-order valence-electron chi connectivity index (χ1n) is 14.9. The van der Waals surface area contributed by atoms with E-state index >= 15 is 0 Å². The maximum Gasteiger partial charge on any atom is 0.338 e. The molecular formula is C35H34Cl2N2O6S. The lowest BCUT2D eigenvalue weighted by Gasteiger charge is -2.26. The molecule has 0 bridgehead atoms. The molecule has 1 aliphatic rings. The van der Waals surface area contributed by atoms with Crippen molar-refractivity contribution in [3.05, 3.63) is 118 Å². The Morgan fingerprint density at radius 2 is 1.76 bits per heavy atom. The Bertz CT molecular complexity index is 1960. The van der Waals surface area contributed by atoms with Crippen LogP contribution in [0.15, 0.2) is 81.7 Å². The molecule has 4 aromatic rings. The zero-order chi connectivity index (χ0) is 33.0. The molecule has 240 valence electrons. The minimum Gasteiger partial charge on any atom is -0.491 e. The first-order valence-corrected chi connectivity index (χ1v) is 16.5. The summed E-state index contributed by atoms with van der Waals surface area (Å²) in [6, 6.07) is 17.4. The lowest BCUT2D eigenvalue weighted by molar-refractivity contribution is -0.139. The Morgan fingerprint density at radius 1 is 1.02 bits per heavy atom. The fourth-order valence-electron chi connectivity index (χ4n) is 5.12. The number of allylic oxidation sites excluding steroid dienone is 1. The number of nitrogens with zero attached hydrogens (tertiary/aromatic N) is 2. The summed E-state index contributed by atoms with van der Waals surface area (Å²) in [6.07, 6.45) is 1.61. The Morgan fingerprint density at radius 3 is 2.46 bits per heavy atom. The molecule has 0 N–H and O–H groups in total. The van der Waals surface area contributed by atoms with Gasteiger partial charge in [-0.2, -0.15) is 0 Å². The molecule has 0 spiro atoms. The molecule has 0 radical (unpaired) electrons. The zero-order valence-electron chi connectivity index (χ0n) is 26.1. The van der Waals surface area contributed by atoms with Crippen LogP contribution < -0.4 is 29.1 Å². The van der Waals surface area contributed by atoms with Gasteiger partial charge in [-0.05, 0) is 82.2 Å². The average molecular weight is 682 g/mol. The van der Waals surface area contributed by atoms with Crippen molar-refractivity contribution in [3.8, 4) is 17.2 Å². The fourth-order valence-corrected chi connectivity index (χ4v) is 6.56. The summed E-state index contributed by atoms with van der Waals surface area (Å²) in [6.45, 7) is 10.0. The number of carbonyl (C=O) groups excluding carboxylic acids is 1. The largest absolute Gasteiger partial charge is 0.491 e. The van der Waals surface area contributed by atoms with Crippen molar-refractivity contribution < 1.29 is 23.7 Å². The summed E-state index contributed by atoms with van der Waals surface area (Å²) in [5, 5.41) is 0.968. The number of fused-ring (bicyclic) bond motifs is 1. The van der Waals surface area contributed by atoms with Crippen molar-refractivity contribution in [3.63, 3.8) is 0 Å². The van der Waals surface area contributed by atoms with Gasteiger partial charge in [0, 0.05) is 10.6 Å². The Labute approximate surface area is 281 Å². The molecule has 5 rings (SSSR count). The van der Waals surface area contributed by atoms with Gasteiger partial charge in [-0.1, -0.05) is 64.9 Å². The number of ether oxygens (including phenoxy) is 4. The normalized spacial score (nSPS) is 14.6. The van der Waals surface area contributed by atoms with E-state index in [2.05, 4.69) is 4.99 Å². The smallest absolute Gasteiger partial charge is 0.338 e. The van der Waals surface area contributed by atoms with E-state index < -0.39 is 12.0 Å². The number of para-hydroxylation sites is 1. The third-order valence-corrected chi connectivity index (χ3v) is 8.53. The van der Waals surface area contributed by atoms with Gasteiger partial charge in [0.15, 0.2) is 16.3 Å². The van der Waals surface area contributed by atoms with Crippen LogP contribution in [0.5, 0.6) is 17.2 Å². The molecule has 0 fully saturated rings. The highest BCUT2D eigenvalue weighted by Gasteiger charge is 2.35. The van der Waals surface area contributed by atoms with Crippen LogP contribution in [-0.2, 0) is 16.1 Å². The summed E-state index contributed by atoms with van der Waals surface area (Å²) in [4.78, 5) is 32.6. The summed E-state index contributed by atoms with van der Waals surface area (Å²) in [7, 11) is 0. The highest BCUT2D eigenvalue weighted by molar-refractivity contribution is 7.07. The van der Waals surface area contributed by atoms with Gasteiger partial charge in [0.05, 0.1) is 40.1 Å². The summed E-state index contributed by atoms with van der Waals surface area (Å²) >= 11 is 13.9. The number of halogens is 2. The standard InChI is InChI=1S/C35H34Cl2N2O6S/c1-6-42-28-17-23(16-26(37)32(28)44-19-22-12-14-24(36)15-13-22)18-29-33(40)39-31(25-10-8-9-11-27(25)45-20(3)4)30(34(41)43-7-2)21(5)38-35(39)46-29/h8-18,20,31H,6-7,19H2,1-5H3/b29-18+/t31-/m0/s1. The molecule has 3 aromatic carbocycles. The zero-order valence-corrected chi connectivity index (χ0v) is 28.5. The molecule has 0 saturated heterocycles. The SMILES string of the molecule is CCOC(=O)C1=C(C)N=c2s/c(=C/c3cc(Cl)c(OCc4ccc(Cl)cc4)c(OCC)c3)c(=O)n2[C@H]1c1ccccc1OC(C)C. The molecular weight excluding hydrogens is 647 g/mol. The topological polar surface area (TPSA) is 88.4 Å². The molecule has 2 heterocycles. The van der Waals surface area contributed by atoms with Gasteiger partial charge in [0.2, 0.25) is 0 Å². The average Bonchev–Trinajstić information content (AvgIpc) is 3.31. The molecule has 0 aliphatic carbocycles. The lowest BCUT2D eigenvalue weighted by Crippen LogP contribution is -2.40. The van der Waals surface area contributed by atoms with Crippen molar-refractivity contribution in [2.24, 2.45) is 4.99 Å². The van der Waals surface area contributed by atoms with Gasteiger partial charge in [0.25, 0.3) is 5.56 Å². The Hall–Kier alpha value is -4.05. The van der Waals surface area contributed by atoms with Crippen molar-refractivity contribution in [1.29, 1.82) is 0 Å². The Kier molecular flexibility index (Phi) is 10.6. The van der Waals surface area contributed by atoms with Crippen LogP contribution in [0.3, 0.4) is 0 Å². The van der Waals surface area contributed by atoms with Crippen LogP contribution in [0.25, 0.3) is 6.08 Å². The second-order valence-electron chi connectivity index (χ2n) is 10.7. The van der Waals surface area contributed by atoms with Gasteiger partial charge >= 0.3 is 5.97 Å². The van der Waals surface area contributed by atoms with Crippen LogP contribution in [0.2, 0.25) is 10.0 Å². The summed E-state index contributed by atoms with van der Waals surface area (Å²) < 4.78 is 25.4. The highest BCUT2D eigenvalue weighted by Crippen LogP contribution is 2.38. The second kappa shape index (κ2) is 14.6. The van der Waals surface area contributed by atoms with Crippen LogP contribution in [0.4, 0.5) is 0 Å². The predicted octanol–water partition coefficient (Wildman–Crippen LogP) is 6.87. The Balaban J connectivity index is 1.61. The number of aromatic nitrogens is 1. The maximum absolute atomic E-state index is 14.2. The van der Waals surface area contributed by atoms with E-state index in [0.29, 0.717) is 60.1 Å². The molecule has 8 nitrogen and oxygen atoms in total. The van der Waals surface area contributed by atoms with Gasteiger partial charge in [-0.25, -0.2) is 9.79 Å². The number of rotatable bonds is 11. The molecule has 0 amide bonds. The van der Waals surface area contributed by atoms with Gasteiger partial charge in [-0.3, -0.25) is 9.36 Å². The van der Waals surface area contributed by atoms with E-state index in [1.165, 1.54) is 15.9 Å². The van der Waals surface area contributed by atoms with Crippen molar-refractivity contribution >= 4 is 46.6 Å². The van der Waals surface area contributed by atoms with E-state index in [-0.39, 0.29) is 30.5 Å². The van der Waals surface area contributed by atoms with E-state index in [1.807, 2.05) is 57.2 Å². The quantitative estimate of drug-likeness (QED) is 0.161. The summed E-state index contributed by atoms with van der Waals surface area (Å²) in [5.74, 6) is 0.871. The molecule has 1 aromatic heterocycles. The van der Waals surface area contributed by atoms with Crippen molar-refractivity contribution in [1.82, 2.24) is 4.57 Å². The molecule has 1 atom stereocenters. The van der Waals surface area contributed by atoms with Gasteiger partial charge < -0.3 is 18.9 Å². The predicted molar refractivity (Wildman–Crippen MR) is 181 cm³/mol. The van der Waals surface area contributed by atoms with E-state index in [0.717, 1.165) is 5.56 Å². The van der Waals surface area contributed by atoms with Gasteiger partial charge in [0.1, 0.15) is 18.4 Å². The monoisotopic (exact) mass is 680 g/mol. The highest BCUT2D eigenvalue weighted by atomic mass is 35.5. The first-order chi connectivity index (χ1) is 22.1. The molecule has 46 heavy (non-hydrogen) atoms. The molecule has 11 heteroatoms. The third-order valence-electron chi connectivity index (χ3n) is 7.02. The van der Waals surface area contributed by atoms with Crippen molar-refractivity contribution in [2.75, 3.05) is 13.2 Å². The summed E-state index contributed by atoms with van der Waals surface area (Å²) in [5.41, 5.74) is 2.65. The molecule has 1 aliphatic heterocycles. The van der Waals surface area contributed by atoms with E-state index in [4.69, 9.17) is 42.1 Å². The number of hydrogen-bond donors (Lipinski definition) is 0. The number of hydrogen-bond acceptors (Lipinski definition) is 8. The molecule has 0 unspecified atom stereocenters. The minimum atomic E-state index is -0.807. The van der Waals surface area contributed by atoms with E-state index in [9.17, 15) is 9.59 Å². The number of benzene rings is 3. The van der Waals surface area contributed by atoms with Crippen LogP contribution >= 0.6 is 34.5 Å². The third kappa shape index (κ3) is 7.17. The number of esters is 1. The second-order valence-corrected chi connectivity index (χ2v) is 12.5. The van der Waals surface area contributed by atoms with Crippen molar-refractivity contribution in [2.45, 2.75) is 53.4 Å². The van der Waals surface area contributed by atoms with Gasteiger partial charge in [-0.15, -0.1) is 0 Å². The first kappa shape index (κ1) is 33.3. The van der Waals surface area contributed by atoms with Crippen LogP contribution in [0.1, 0.15) is 57.4 Å².